The van der Waals surface area contributed by atoms with Crippen LogP contribution >= 0.6 is 0 Å². The number of ether oxygens (including phenoxy) is 1. The zero-order valence-corrected chi connectivity index (χ0v) is 7.23. The number of aliphatic hydroxyl groups excluding tert-OH is 2. The number of hydrogen-bond acceptors (Lipinski definition) is 4. The van der Waals surface area contributed by atoms with Crippen LogP contribution in [0.2, 0.25) is 0 Å². The van der Waals surface area contributed by atoms with Crippen molar-refractivity contribution in [1.82, 2.24) is 5.32 Å². The molecule has 0 aliphatic carbocycles. The van der Waals surface area contributed by atoms with Gasteiger partial charge in [0.1, 0.15) is 0 Å². The van der Waals surface area contributed by atoms with Crippen LogP contribution in [0.25, 0.3) is 0 Å². The zero-order chi connectivity index (χ0) is 9.26. The number of fused-ring (bicyclic) bond motifs is 2. The van der Waals surface area contributed by atoms with Crippen LogP contribution in [0.4, 0.5) is 0 Å². The van der Waals surface area contributed by atoms with Crippen LogP contribution in [0, 0.1) is 5.92 Å². The first-order chi connectivity index (χ1) is 6.35. The molecule has 2 rings (SSSR count). The maximum Gasteiger partial charge on any atom is 0.169 e. The van der Waals surface area contributed by atoms with Crippen molar-refractivity contribution < 1.29 is 14.9 Å². The van der Waals surface area contributed by atoms with Crippen molar-refractivity contribution >= 4 is 0 Å². The van der Waals surface area contributed by atoms with Crippen LogP contribution in [-0.4, -0.2) is 29.7 Å². The molecule has 0 fully saturated rings. The van der Waals surface area contributed by atoms with Gasteiger partial charge in [-0.3, -0.25) is 0 Å². The van der Waals surface area contributed by atoms with Crippen LogP contribution in [0.5, 0.6) is 0 Å². The summed E-state index contributed by atoms with van der Waals surface area (Å²) >= 11 is 0. The van der Waals surface area contributed by atoms with Crippen molar-refractivity contribution in [2.75, 3.05) is 13.2 Å². The van der Waals surface area contributed by atoms with Gasteiger partial charge in [0.05, 0.1) is 19.5 Å². The largest absolute Gasteiger partial charge is 0.478 e. The third-order valence-electron chi connectivity index (χ3n) is 2.55. The zero-order valence-electron chi connectivity index (χ0n) is 7.23. The predicted octanol–water partition coefficient (Wildman–Crippen LogP) is -0.295. The van der Waals surface area contributed by atoms with Crippen molar-refractivity contribution in [3.63, 3.8) is 0 Å². The van der Waals surface area contributed by atoms with Crippen molar-refractivity contribution in [1.29, 1.82) is 0 Å². The van der Waals surface area contributed by atoms with E-state index in [-0.39, 0.29) is 25.4 Å². The third kappa shape index (κ3) is 1.43. The van der Waals surface area contributed by atoms with Crippen LogP contribution in [0.15, 0.2) is 23.6 Å². The average molecular weight is 183 g/mol. The van der Waals surface area contributed by atoms with Gasteiger partial charge in [0.25, 0.3) is 0 Å². The average Bonchev–Trinajstić information content (AvgIpc) is 2.19. The predicted molar refractivity (Wildman–Crippen MR) is 46.5 cm³/mol. The van der Waals surface area contributed by atoms with Crippen LogP contribution in [0.3, 0.4) is 0 Å². The van der Waals surface area contributed by atoms with E-state index in [1.54, 1.807) is 12.5 Å². The highest BCUT2D eigenvalue weighted by molar-refractivity contribution is 5.25. The molecule has 0 aromatic rings. The van der Waals surface area contributed by atoms with Gasteiger partial charge >= 0.3 is 0 Å². The van der Waals surface area contributed by atoms with Gasteiger partial charge in [-0.05, 0) is 11.1 Å². The first-order valence-electron chi connectivity index (χ1n) is 4.36. The lowest BCUT2D eigenvalue weighted by Crippen LogP contribution is -2.39. The molecule has 13 heavy (non-hydrogen) atoms. The molecule has 4 nitrogen and oxygen atoms in total. The van der Waals surface area contributed by atoms with Gasteiger partial charge in [-0.15, -0.1) is 0 Å². The van der Waals surface area contributed by atoms with E-state index in [1.165, 1.54) is 0 Å². The molecule has 0 amide bonds. The van der Waals surface area contributed by atoms with E-state index >= 15 is 0 Å². The topological polar surface area (TPSA) is 61.7 Å². The minimum Gasteiger partial charge on any atom is -0.478 e. The molecule has 2 aliphatic rings. The molecule has 72 valence electrons. The summed E-state index contributed by atoms with van der Waals surface area (Å²) in [5, 5.41) is 21.1. The quantitative estimate of drug-likeness (QED) is 0.550. The molecule has 2 atom stereocenters. The molecule has 0 saturated carbocycles. The lowest BCUT2D eigenvalue weighted by atomic mass is 9.86. The summed E-state index contributed by atoms with van der Waals surface area (Å²) in [6.07, 6.45) is 4.16. The summed E-state index contributed by atoms with van der Waals surface area (Å²) in [4.78, 5) is 0. The summed E-state index contributed by atoms with van der Waals surface area (Å²) in [6, 6.07) is 0. The first-order valence-corrected chi connectivity index (χ1v) is 4.36. The molecule has 0 spiro atoms. The lowest BCUT2D eigenvalue weighted by Gasteiger charge is -2.35. The van der Waals surface area contributed by atoms with Gasteiger partial charge in [-0.1, -0.05) is 0 Å². The van der Waals surface area contributed by atoms with Gasteiger partial charge in [0.2, 0.25) is 0 Å². The SMILES string of the molecule is OCC1=CNC2CC1C(CO)=CO2. The fraction of sp³-hybridized carbons (Fsp3) is 0.556. The molecule has 0 aromatic heterocycles. The second kappa shape index (κ2) is 3.40. The minimum atomic E-state index is -0.00523. The van der Waals surface area contributed by atoms with E-state index in [1.807, 2.05) is 0 Å². The monoisotopic (exact) mass is 183 g/mol. The first kappa shape index (κ1) is 8.59. The van der Waals surface area contributed by atoms with Gasteiger partial charge in [0, 0.05) is 18.5 Å². The van der Waals surface area contributed by atoms with Crippen LogP contribution in [-0.2, 0) is 4.74 Å². The molecule has 3 N–H and O–H groups in total. The Balaban J connectivity index is 2.23. The molecule has 2 heterocycles. The van der Waals surface area contributed by atoms with Crippen molar-refractivity contribution in [2.24, 2.45) is 5.92 Å². The minimum absolute atomic E-state index is 0.00407. The Morgan fingerprint density at radius 3 is 2.85 bits per heavy atom. The molecular weight excluding hydrogens is 170 g/mol. The highest BCUT2D eigenvalue weighted by Gasteiger charge is 2.30. The maximum atomic E-state index is 9.06. The fourth-order valence-electron chi connectivity index (χ4n) is 1.77. The van der Waals surface area contributed by atoms with Crippen molar-refractivity contribution in [2.45, 2.75) is 12.6 Å². The van der Waals surface area contributed by atoms with Crippen molar-refractivity contribution in [3.05, 3.63) is 23.6 Å². The van der Waals surface area contributed by atoms with Gasteiger partial charge in [0.15, 0.2) is 6.23 Å². The Morgan fingerprint density at radius 1 is 1.38 bits per heavy atom. The van der Waals surface area contributed by atoms with E-state index in [0.717, 1.165) is 17.6 Å². The summed E-state index contributed by atoms with van der Waals surface area (Å²) in [5.41, 5.74) is 1.76. The highest BCUT2D eigenvalue weighted by Crippen LogP contribution is 2.31. The van der Waals surface area contributed by atoms with E-state index in [9.17, 15) is 0 Å². The molecule has 2 unspecified atom stereocenters. The normalized spacial score (nSPS) is 31.2. The molecule has 0 saturated heterocycles. The number of hydrogen-bond donors (Lipinski definition) is 3. The fourth-order valence-corrected chi connectivity index (χ4v) is 1.77. The number of nitrogens with one attached hydrogen (secondary N) is 1. The third-order valence-corrected chi connectivity index (χ3v) is 2.55. The van der Waals surface area contributed by atoms with Gasteiger partial charge < -0.3 is 20.3 Å². The molecule has 2 bridgehead atoms. The second-order valence-electron chi connectivity index (χ2n) is 3.31. The van der Waals surface area contributed by atoms with E-state index in [2.05, 4.69) is 5.32 Å². The molecule has 4 heteroatoms. The Morgan fingerprint density at radius 2 is 2.15 bits per heavy atom. The highest BCUT2D eigenvalue weighted by atomic mass is 16.5. The molecule has 0 radical (unpaired) electrons. The van der Waals surface area contributed by atoms with Gasteiger partial charge in [-0.2, -0.15) is 0 Å². The van der Waals surface area contributed by atoms with Crippen LogP contribution < -0.4 is 5.32 Å². The number of aliphatic hydroxyl groups is 2. The molecular formula is C9H13NO3. The number of rotatable bonds is 2. The maximum absolute atomic E-state index is 9.06. The summed E-state index contributed by atoms with van der Waals surface area (Å²) in [6.45, 7) is 0.0243. The molecule has 0 aromatic carbocycles. The smallest absolute Gasteiger partial charge is 0.169 e. The standard InChI is InChI=1S/C9H13NO3/c11-3-6-2-10-9-1-8(6)7(4-12)5-13-9/h2,5,8-12H,1,3-4H2. The van der Waals surface area contributed by atoms with E-state index in [0.29, 0.717) is 0 Å². The van der Waals surface area contributed by atoms with E-state index < -0.39 is 0 Å². The summed E-state index contributed by atoms with van der Waals surface area (Å²) < 4.78 is 5.29. The van der Waals surface area contributed by atoms with Crippen LogP contribution in [0.1, 0.15) is 6.42 Å². The second-order valence-corrected chi connectivity index (χ2v) is 3.31. The van der Waals surface area contributed by atoms with Gasteiger partial charge in [-0.25, -0.2) is 0 Å². The summed E-state index contributed by atoms with van der Waals surface area (Å²) in [7, 11) is 0. The Bertz CT molecular complexity index is 236. The van der Waals surface area contributed by atoms with Crippen molar-refractivity contribution in [3.8, 4) is 0 Å². The summed E-state index contributed by atoms with van der Waals surface area (Å²) in [5.74, 6) is 0.148. The Kier molecular flexibility index (Phi) is 2.24. The Labute approximate surface area is 76.5 Å². The lowest BCUT2D eigenvalue weighted by molar-refractivity contribution is 0.0715. The van der Waals surface area contributed by atoms with E-state index in [4.69, 9.17) is 14.9 Å². The Hall–Kier alpha value is -1.00. The molecule has 2 aliphatic heterocycles.